The van der Waals surface area contributed by atoms with E-state index < -0.39 is 0 Å². The minimum absolute atomic E-state index is 0.431. The van der Waals surface area contributed by atoms with Crippen molar-refractivity contribution in [2.45, 2.75) is 40.0 Å². The molecule has 11 heavy (non-hydrogen) atoms. The third kappa shape index (κ3) is 9.23. The molecule has 0 heterocycles. The monoisotopic (exact) mass is 151 g/mol. The number of rotatable bonds is 3. The molecule has 0 radical (unpaired) electrons. The average molecular weight is 151 g/mol. The fourth-order valence-corrected chi connectivity index (χ4v) is 0.886. The van der Waals surface area contributed by atoms with Crippen LogP contribution in [-0.4, -0.2) is 0 Å². The first-order chi connectivity index (χ1) is 5.06. The van der Waals surface area contributed by atoms with Crippen LogP contribution in [-0.2, 0) is 0 Å². The summed E-state index contributed by atoms with van der Waals surface area (Å²) in [6.07, 6.45) is 6.93. The van der Waals surface area contributed by atoms with Crippen molar-refractivity contribution in [3.8, 4) is 6.07 Å². The first-order valence-corrected chi connectivity index (χ1v) is 4.11. The highest BCUT2D eigenvalue weighted by Crippen LogP contribution is 2.21. The van der Waals surface area contributed by atoms with Crippen LogP contribution in [0.4, 0.5) is 0 Å². The van der Waals surface area contributed by atoms with E-state index in [1.165, 1.54) is 12.8 Å². The Morgan fingerprint density at radius 2 is 2.00 bits per heavy atom. The van der Waals surface area contributed by atoms with Gasteiger partial charge in [-0.1, -0.05) is 26.8 Å². The molecule has 0 spiro atoms. The summed E-state index contributed by atoms with van der Waals surface area (Å²) in [7, 11) is 0. The molecule has 62 valence electrons. The van der Waals surface area contributed by atoms with Crippen LogP contribution >= 0.6 is 0 Å². The number of hydrogen-bond donors (Lipinski definition) is 0. The van der Waals surface area contributed by atoms with Gasteiger partial charge in [-0.2, -0.15) is 5.26 Å². The highest BCUT2D eigenvalue weighted by molar-refractivity contribution is 5.01. The van der Waals surface area contributed by atoms with Crippen LogP contribution in [0.5, 0.6) is 0 Å². The standard InChI is InChI=1S/C10H17N/c1-10(2,3)8-6-4-5-7-9-11/h5,7H,4,6,8H2,1-3H3. The second-order valence-corrected chi connectivity index (χ2v) is 3.98. The summed E-state index contributed by atoms with van der Waals surface area (Å²) in [5.41, 5.74) is 0.431. The van der Waals surface area contributed by atoms with E-state index in [9.17, 15) is 0 Å². The molecule has 1 heteroatoms. The lowest BCUT2D eigenvalue weighted by Gasteiger charge is -2.16. The molecule has 0 aromatic heterocycles. The van der Waals surface area contributed by atoms with E-state index in [0.29, 0.717) is 5.41 Å². The van der Waals surface area contributed by atoms with Crippen LogP contribution < -0.4 is 0 Å². The largest absolute Gasteiger partial charge is 0.193 e. The van der Waals surface area contributed by atoms with Crippen LogP contribution in [0.2, 0.25) is 0 Å². The molecule has 0 saturated carbocycles. The van der Waals surface area contributed by atoms with Gasteiger partial charge in [0.15, 0.2) is 0 Å². The van der Waals surface area contributed by atoms with Gasteiger partial charge < -0.3 is 0 Å². The quantitative estimate of drug-likeness (QED) is 0.448. The zero-order chi connectivity index (χ0) is 8.74. The van der Waals surface area contributed by atoms with Gasteiger partial charge in [0.25, 0.3) is 0 Å². The van der Waals surface area contributed by atoms with Crippen LogP contribution in [0.1, 0.15) is 40.0 Å². The predicted octanol–water partition coefficient (Wildman–Crippen LogP) is 3.28. The number of nitriles is 1. The molecule has 0 fully saturated rings. The number of hydrogen-bond acceptors (Lipinski definition) is 1. The summed E-state index contributed by atoms with van der Waals surface area (Å²) >= 11 is 0. The zero-order valence-corrected chi connectivity index (χ0v) is 7.72. The van der Waals surface area contributed by atoms with Crippen LogP contribution in [0.25, 0.3) is 0 Å². The van der Waals surface area contributed by atoms with Crippen molar-refractivity contribution in [2.75, 3.05) is 0 Å². The number of nitrogens with zero attached hydrogens (tertiary/aromatic N) is 1. The second kappa shape index (κ2) is 4.96. The topological polar surface area (TPSA) is 23.8 Å². The molecule has 1 nitrogen and oxygen atoms in total. The van der Waals surface area contributed by atoms with Gasteiger partial charge in [-0.3, -0.25) is 0 Å². The maximum absolute atomic E-state index is 8.19. The molecular weight excluding hydrogens is 134 g/mol. The Balaban J connectivity index is 3.30. The minimum Gasteiger partial charge on any atom is -0.193 e. The third-order valence-corrected chi connectivity index (χ3v) is 1.49. The molecule has 0 aliphatic carbocycles. The van der Waals surface area contributed by atoms with Crippen molar-refractivity contribution in [2.24, 2.45) is 5.41 Å². The molecule has 0 saturated heterocycles. The summed E-state index contributed by atoms with van der Waals surface area (Å²) < 4.78 is 0. The normalized spacial score (nSPS) is 11.8. The van der Waals surface area contributed by atoms with Gasteiger partial charge in [-0.25, -0.2) is 0 Å². The summed E-state index contributed by atoms with van der Waals surface area (Å²) in [6.45, 7) is 6.71. The van der Waals surface area contributed by atoms with Gasteiger partial charge in [0, 0.05) is 6.08 Å². The van der Waals surface area contributed by atoms with Crippen molar-refractivity contribution < 1.29 is 0 Å². The van der Waals surface area contributed by atoms with Crippen LogP contribution in [0.3, 0.4) is 0 Å². The Bertz CT molecular complexity index is 155. The number of unbranched alkanes of at least 4 members (excludes halogenated alkanes) is 1. The highest BCUT2D eigenvalue weighted by Gasteiger charge is 2.07. The van der Waals surface area contributed by atoms with Crippen molar-refractivity contribution in [3.63, 3.8) is 0 Å². The molecule has 0 N–H and O–H groups in total. The van der Waals surface area contributed by atoms with Crippen LogP contribution in [0.15, 0.2) is 12.2 Å². The highest BCUT2D eigenvalue weighted by atomic mass is 14.2. The lowest BCUT2D eigenvalue weighted by molar-refractivity contribution is 0.367. The SMILES string of the molecule is CC(C)(C)CCCC=CC#N. The molecule has 0 amide bonds. The van der Waals surface area contributed by atoms with Gasteiger partial charge in [0.2, 0.25) is 0 Å². The Morgan fingerprint density at radius 1 is 1.36 bits per heavy atom. The fraction of sp³-hybridized carbons (Fsp3) is 0.700. The average Bonchev–Trinajstić information content (AvgIpc) is 1.85. The first-order valence-electron chi connectivity index (χ1n) is 4.11. The maximum Gasteiger partial charge on any atom is 0.0908 e. The van der Waals surface area contributed by atoms with E-state index in [0.717, 1.165) is 6.42 Å². The van der Waals surface area contributed by atoms with Gasteiger partial charge in [-0.05, 0) is 24.7 Å². The van der Waals surface area contributed by atoms with E-state index >= 15 is 0 Å². The fourth-order valence-electron chi connectivity index (χ4n) is 0.886. The first kappa shape index (κ1) is 10.2. The van der Waals surface area contributed by atoms with E-state index in [-0.39, 0.29) is 0 Å². The van der Waals surface area contributed by atoms with Gasteiger partial charge in [-0.15, -0.1) is 0 Å². The molecule has 0 atom stereocenters. The van der Waals surface area contributed by atoms with Gasteiger partial charge in [0.1, 0.15) is 0 Å². The lowest BCUT2D eigenvalue weighted by Crippen LogP contribution is -2.03. The molecule has 0 aliphatic rings. The molecule has 0 rings (SSSR count). The molecular formula is C10H17N. The number of allylic oxidation sites excluding steroid dienone is 2. The lowest BCUT2D eigenvalue weighted by atomic mass is 9.90. The second-order valence-electron chi connectivity index (χ2n) is 3.98. The summed E-state index contributed by atoms with van der Waals surface area (Å²) in [6, 6.07) is 1.98. The van der Waals surface area contributed by atoms with Crippen molar-refractivity contribution in [1.82, 2.24) is 0 Å². The molecule has 0 aliphatic heterocycles. The Hall–Kier alpha value is -0.770. The molecule has 0 aromatic carbocycles. The summed E-state index contributed by atoms with van der Waals surface area (Å²) in [5.74, 6) is 0. The van der Waals surface area contributed by atoms with Crippen molar-refractivity contribution >= 4 is 0 Å². The van der Waals surface area contributed by atoms with E-state index in [1.54, 1.807) is 6.08 Å². The maximum atomic E-state index is 8.19. The molecule has 0 aromatic rings. The van der Waals surface area contributed by atoms with Gasteiger partial charge >= 0.3 is 0 Å². The zero-order valence-electron chi connectivity index (χ0n) is 7.72. The van der Waals surface area contributed by atoms with E-state index in [1.807, 2.05) is 12.1 Å². The third-order valence-electron chi connectivity index (χ3n) is 1.49. The Labute approximate surface area is 69.7 Å². The van der Waals surface area contributed by atoms with Gasteiger partial charge in [0.05, 0.1) is 6.07 Å². The smallest absolute Gasteiger partial charge is 0.0908 e. The molecule has 0 unspecified atom stereocenters. The summed E-state index contributed by atoms with van der Waals surface area (Å²) in [4.78, 5) is 0. The summed E-state index contributed by atoms with van der Waals surface area (Å²) in [5, 5.41) is 8.19. The predicted molar refractivity (Wildman–Crippen MR) is 48.1 cm³/mol. The van der Waals surface area contributed by atoms with Crippen molar-refractivity contribution in [1.29, 1.82) is 5.26 Å². The minimum atomic E-state index is 0.431. The Kier molecular flexibility index (Phi) is 4.61. The van der Waals surface area contributed by atoms with E-state index in [2.05, 4.69) is 20.8 Å². The van der Waals surface area contributed by atoms with Crippen LogP contribution in [0, 0.1) is 16.7 Å². The van der Waals surface area contributed by atoms with Crippen molar-refractivity contribution in [3.05, 3.63) is 12.2 Å². The van der Waals surface area contributed by atoms with E-state index in [4.69, 9.17) is 5.26 Å². The Morgan fingerprint density at radius 3 is 2.45 bits per heavy atom. The molecule has 0 bridgehead atoms.